The van der Waals surface area contributed by atoms with Crippen molar-refractivity contribution >= 4 is 12.1 Å². The molecule has 0 atom stereocenters. The Hall–Kier alpha value is -1.71. The van der Waals surface area contributed by atoms with E-state index in [0.29, 0.717) is 5.56 Å². The summed E-state index contributed by atoms with van der Waals surface area (Å²) in [5.74, 6) is 1.99. The molecule has 4 heteroatoms. The molecule has 22 heavy (non-hydrogen) atoms. The predicted octanol–water partition coefficient (Wildman–Crippen LogP) is 3.49. The lowest BCUT2D eigenvalue weighted by Crippen LogP contribution is -2.52. The number of nitrogens with zero attached hydrogens (tertiary/aromatic N) is 1. The molecule has 5 rings (SSSR count). The van der Waals surface area contributed by atoms with Gasteiger partial charge >= 0.3 is 0 Å². The van der Waals surface area contributed by atoms with E-state index in [1.165, 1.54) is 37.6 Å². The van der Waals surface area contributed by atoms with Crippen LogP contribution < -0.4 is 5.43 Å². The third kappa shape index (κ3) is 2.44. The number of hydrogen-bond donors (Lipinski definition) is 1. The van der Waals surface area contributed by atoms with E-state index < -0.39 is 0 Å². The van der Waals surface area contributed by atoms with Crippen molar-refractivity contribution < 1.29 is 9.18 Å². The largest absolute Gasteiger partial charge is 0.273 e. The maximum absolute atomic E-state index is 13.1. The van der Waals surface area contributed by atoms with E-state index in [2.05, 4.69) is 10.5 Å². The quantitative estimate of drug-likeness (QED) is 0.674. The molecule has 0 spiro atoms. The standard InChI is InChI=1S/C18H21FN2O/c19-16-3-1-2-12(7-16)11-20-21-17(22)18-8-13-4-14(9-18)6-15(5-13)10-18/h1-3,7,11,13-15H,4-6,8-10H2,(H,21,22). The highest BCUT2D eigenvalue weighted by molar-refractivity contribution is 5.85. The van der Waals surface area contributed by atoms with Gasteiger partial charge in [-0.15, -0.1) is 0 Å². The fourth-order valence-corrected chi connectivity index (χ4v) is 5.26. The predicted molar refractivity (Wildman–Crippen MR) is 82.7 cm³/mol. The second-order valence-electron chi connectivity index (χ2n) is 7.45. The lowest BCUT2D eigenvalue weighted by atomic mass is 9.49. The van der Waals surface area contributed by atoms with Crippen LogP contribution >= 0.6 is 0 Å². The van der Waals surface area contributed by atoms with Crippen LogP contribution in [0.15, 0.2) is 29.4 Å². The van der Waals surface area contributed by atoms with Crippen LogP contribution in [0.4, 0.5) is 4.39 Å². The minimum atomic E-state index is -0.295. The normalized spacial score (nSPS) is 36.0. The second-order valence-corrected chi connectivity index (χ2v) is 7.45. The Morgan fingerprint density at radius 3 is 2.41 bits per heavy atom. The minimum absolute atomic E-state index is 0.0688. The van der Waals surface area contributed by atoms with E-state index in [0.717, 1.165) is 37.0 Å². The minimum Gasteiger partial charge on any atom is -0.273 e. The first-order valence-corrected chi connectivity index (χ1v) is 8.22. The van der Waals surface area contributed by atoms with Crippen molar-refractivity contribution in [1.29, 1.82) is 0 Å². The van der Waals surface area contributed by atoms with Gasteiger partial charge in [-0.05, 0) is 74.0 Å². The van der Waals surface area contributed by atoms with E-state index >= 15 is 0 Å². The van der Waals surface area contributed by atoms with Gasteiger partial charge in [-0.2, -0.15) is 5.10 Å². The molecular weight excluding hydrogens is 279 g/mol. The van der Waals surface area contributed by atoms with Gasteiger partial charge in [0, 0.05) is 0 Å². The van der Waals surface area contributed by atoms with Gasteiger partial charge in [0.05, 0.1) is 11.6 Å². The molecule has 4 aliphatic rings. The molecule has 1 amide bonds. The lowest BCUT2D eigenvalue weighted by molar-refractivity contribution is -0.146. The summed E-state index contributed by atoms with van der Waals surface area (Å²) >= 11 is 0. The van der Waals surface area contributed by atoms with Crippen molar-refractivity contribution in [2.24, 2.45) is 28.3 Å². The average Bonchev–Trinajstić information content (AvgIpc) is 2.46. The smallest absolute Gasteiger partial charge is 0.246 e. The SMILES string of the molecule is O=C(NN=Cc1cccc(F)c1)C12CC3CC(CC(C3)C1)C2. The van der Waals surface area contributed by atoms with E-state index in [-0.39, 0.29) is 17.1 Å². The summed E-state index contributed by atoms with van der Waals surface area (Å²) in [5, 5.41) is 4.05. The molecule has 0 unspecified atom stereocenters. The zero-order valence-corrected chi connectivity index (χ0v) is 12.6. The Morgan fingerprint density at radius 2 is 1.82 bits per heavy atom. The summed E-state index contributed by atoms with van der Waals surface area (Å²) in [4.78, 5) is 12.7. The third-order valence-corrected chi connectivity index (χ3v) is 5.75. The molecule has 1 N–H and O–H groups in total. The first-order chi connectivity index (χ1) is 10.6. The lowest BCUT2D eigenvalue weighted by Gasteiger charge is -2.55. The van der Waals surface area contributed by atoms with Crippen molar-refractivity contribution in [1.82, 2.24) is 5.43 Å². The van der Waals surface area contributed by atoms with Gasteiger partial charge in [0.2, 0.25) is 5.91 Å². The van der Waals surface area contributed by atoms with E-state index in [1.807, 2.05) is 0 Å². The second kappa shape index (κ2) is 5.18. The van der Waals surface area contributed by atoms with Gasteiger partial charge in [0.25, 0.3) is 0 Å². The molecule has 4 saturated carbocycles. The first kappa shape index (κ1) is 13.9. The van der Waals surface area contributed by atoms with Gasteiger partial charge in [0.1, 0.15) is 5.82 Å². The molecule has 4 bridgehead atoms. The van der Waals surface area contributed by atoms with Crippen LogP contribution in [0.2, 0.25) is 0 Å². The van der Waals surface area contributed by atoms with Gasteiger partial charge < -0.3 is 0 Å². The number of rotatable bonds is 3. The van der Waals surface area contributed by atoms with Crippen LogP contribution in [-0.4, -0.2) is 12.1 Å². The van der Waals surface area contributed by atoms with Crippen LogP contribution in [0.3, 0.4) is 0 Å². The molecule has 4 fully saturated rings. The fraction of sp³-hybridized carbons (Fsp3) is 0.556. The van der Waals surface area contributed by atoms with Crippen molar-refractivity contribution in [3.8, 4) is 0 Å². The molecule has 1 aromatic rings. The van der Waals surface area contributed by atoms with Crippen LogP contribution in [0.25, 0.3) is 0 Å². The van der Waals surface area contributed by atoms with E-state index in [9.17, 15) is 9.18 Å². The maximum Gasteiger partial charge on any atom is 0.246 e. The number of nitrogens with one attached hydrogen (secondary N) is 1. The maximum atomic E-state index is 13.1. The summed E-state index contributed by atoms with van der Waals surface area (Å²) in [6, 6.07) is 6.20. The number of hydrazone groups is 1. The number of amides is 1. The molecule has 0 aromatic heterocycles. The number of carbonyl (C=O) groups excluding carboxylic acids is 1. The number of carbonyl (C=O) groups is 1. The summed E-state index contributed by atoms with van der Waals surface area (Å²) in [6.07, 6.45) is 8.56. The van der Waals surface area contributed by atoms with Crippen molar-refractivity contribution in [2.45, 2.75) is 38.5 Å². The Kier molecular flexibility index (Phi) is 3.28. The molecular formula is C18H21FN2O. The summed E-state index contributed by atoms with van der Waals surface area (Å²) in [6.45, 7) is 0. The fourth-order valence-electron chi connectivity index (χ4n) is 5.26. The number of hydrogen-bond acceptors (Lipinski definition) is 2. The zero-order chi connectivity index (χ0) is 15.2. The highest BCUT2D eigenvalue weighted by atomic mass is 19.1. The van der Waals surface area contributed by atoms with Crippen LogP contribution in [0.1, 0.15) is 44.1 Å². The Bertz CT molecular complexity index is 590. The molecule has 0 aliphatic heterocycles. The van der Waals surface area contributed by atoms with Crippen molar-refractivity contribution in [3.63, 3.8) is 0 Å². The molecule has 1 aromatic carbocycles. The number of halogens is 1. The van der Waals surface area contributed by atoms with Crippen molar-refractivity contribution in [3.05, 3.63) is 35.6 Å². The van der Waals surface area contributed by atoms with Gasteiger partial charge in [-0.1, -0.05) is 12.1 Å². The molecule has 0 saturated heterocycles. The summed E-state index contributed by atoms with van der Waals surface area (Å²) in [5.41, 5.74) is 3.19. The Morgan fingerprint density at radius 1 is 1.18 bits per heavy atom. The topological polar surface area (TPSA) is 41.5 Å². The average molecular weight is 300 g/mol. The first-order valence-electron chi connectivity index (χ1n) is 8.22. The zero-order valence-electron chi connectivity index (χ0n) is 12.6. The van der Waals surface area contributed by atoms with Gasteiger partial charge in [0.15, 0.2) is 0 Å². The molecule has 4 aliphatic carbocycles. The van der Waals surface area contributed by atoms with Crippen molar-refractivity contribution in [2.75, 3.05) is 0 Å². The molecule has 3 nitrogen and oxygen atoms in total. The third-order valence-electron chi connectivity index (χ3n) is 5.75. The van der Waals surface area contributed by atoms with Gasteiger partial charge in [-0.3, -0.25) is 4.79 Å². The van der Waals surface area contributed by atoms with Crippen LogP contribution in [-0.2, 0) is 4.79 Å². The molecule has 0 heterocycles. The summed E-state index contributed by atoms with van der Waals surface area (Å²) < 4.78 is 13.1. The molecule has 0 radical (unpaired) electrons. The van der Waals surface area contributed by atoms with Gasteiger partial charge in [-0.25, -0.2) is 9.82 Å². The Balaban J connectivity index is 1.44. The highest BCUT2D eigenvalue weighted by Gasteiger charge is 2.54. The van der Waals surface area contributed by atoms with Crippen LogP contribution in [0, 0.1) is 29.0 Å². The monoisotopic (exact) mass is 300 g/mol. The van der Waals surface area contributed by atoms with E-state index in [4.69, 9.17) is 0 Å². The van der Waals surface area contributed by atoms with Crippen LogP contribution in [0.5, 0.6) is 0 Å². The molecule has 116 valence electrons. The van der Waals surface area contributed by atoms with E-state index in [1.54, 1.807) is 12.1 Å². The number of benzene rings is 1. The highest BCUT2D eigenvalue weighted by Crippen LogP contribution is 2.60. The summed E-state index contributed by atoms with van der Waals surface area (Å²) in [7, 11) is 0. The Labute approximate surface area is 130 Å².